The number of fused-ring (bicyclic) bond motifs is 2. The summed E-state index contributed by atoms with van der Waals surface area (Å²) in [5, 5.41) is 13.6. The van der Waals surface area contributed by atoms with E-state index in [1.807, 2.05) is 0 Å². The van der Waals surface area contributed by atoms with Crippen molar-refractivity contribution in [1.29, 1.82) is 0 Å². The van der Waals surface area contributed by atoms with E-state index in [2.05, 4.69) is 15.3 Å². The molecular weight excluding hydrogens is 568 g/mol. The van der Waals surface area contributed by atoms with E-state index < -0.39 is 47.1 Å². The zero-order valence-corrected chi connectivity index (χ0v) is 22.3. The summed E-state index contributed by atoms with van der Waals surface area (Å²) in [6.07, 6.45) is -5.33. The van der Waals surface area contributed by atoms with Crippen molar-refractivity contribution in [3.63, 3.8) is 0 Å². The average Bonchev–Trinajstić information content (AvgIpc) is 3.52. The van der Waals surface area contributed by atoms with E-state index in [-0.39, 0.29) is 34.7 Å². The molecule has 0 spiro atoms. The highest BCUT2D eigenvalue weighted by Gasteiger charge is 2.57. The van der Waals surface area contributed by atoms with Gasteiger partial charge in [0.05, 0.1) is 29.6 Å². The molecule has 0 radical (unpaired) electrons. The summed E-state index contributed by atoms with van der Waals surface area (Å²) < 4.78 is 68.5. The van der Waals surface area contributed by atoms with Crippen LogP contribution < -0.4 is 20.5 Å². The SMILES string of the molecule is COc1nc2ccc(C(=O)NCC(O)(c3cc4c(c(-c5ccc(F)cc5)n3)OC[C@]4(C)C(N)=O)C(F)(F)F)cc2s1. The van der Waals surface area contributed by atoms with Crippen molar-refractivity contribution in [2.45, 2.75) is 24.1 Å². The zero-order chi connectivity index (χ0) is 29.7. The van der Waals surface area contributed by atoms with Crippen molar-refractivity contribution in [2.24, 2.45) is 5.73 Å². The maximum absolute atomic E-state index is 14.5. The highest BCUT2D eigenvalue weighted by Crippen LogP contribution is 2.47. The van der Waals surface area contributed by atoms with E-state index in [0.29, 0.717) is 15.4 Å². The van der Waals surface area contributed by atoms with Crippen molar-refractivity contribution < 1.29 is 41.7 Å². The molecule has 0 saturated carbocycles. The van der Waals surface area contributed by atoms with Crippen LogP contribution in [0.2, 0.25) is 0 Å². The van der Waals surface area contributed by atoms with Crippen LogP contribution >= 0.6 is 11.3 Å². The first-order valence-corrected chi connectivity index (χ1v) is 12.8. The molecule has 5 rings (SSSR count). The molecule has 4 N–H and O–H groups in total. The number of carbonyl (C=O) groups is 2. The lowest BCUT2D eigenvalue weighted by Gasteiger charge is -2.31. The number of nitrogens with zero attached hydrogens (tertiary/aromatic N) is 2. The van der Waals surface area contributed by atoms with E-state index in [1.54, 1.807) is 0 Å². The summed E-state index contributed by atoms with van der Waals surface area (Å²) in [6, 6.07) is 9.91. The topological polar surface area (TPSA) is 137 Å². The Balaban J connectivity index is 1.57. The number of methoxy groups -OCH3 is 1. The summed E-state index contributed by atoms with van der Waals surface area (Å²) >= 11 is 1.14. The lowest BCUT2D eigenvalue weighted by Crippen LogP contribution is -2.51. The first-order valence-electron chi connectivity index (χ1n) is 12.0. The number of primary amides is 1. The number of thiazole rings is 1. The predicted octanol–water partition coefficient (Wildman–Crippen LogP) is 3.82. The molecule has 0 saturated heterocycles. The van der Waals surface area contributed by atoms with Crippen molar-refractivity contribution in [3.8, 4) is 22.2 Å². The first-order chi connectivity index (χ1) is 19.3. The third kappa shape index (κ3) is 4.82. The van der Waals surface area contributed by atoms with Crippen LogP contribution in [0, 0.1) is 5.82 Å². The van der Waals surface area contributed by atoms with E-state index in [9.17, 15) is 32.3 Å². The smallest absolute Gasteiger partial charge is 0.424 e. The molecule has 41 heavy (non-hydrogen) atoms. The van der Waals surface area contributed by atoms with Gasteiger partial charge in [-0.15, -0.1) is 0 Å². The molecule has 9 nitrogen and oxygen atoms in total. The predicted molar refractivity (Wildman–Crippen MR) is 140 cm³/mol. The van der Waals surface area contributed by atoms with Gasteiger partial charge in [0.1, 0.15) is 29.3 Å². The Morgan fingerprint density at radius 1 is 1.17 bits per heavy atom. The highest BCUT2D eigenvalue weighted by molar-refractivity contribution is 7.20. The van der Waals surface area contributed by atoms with Gasteiger partial charge in [-0.2, -0.15) is 13.2 Å². The Morgan fingerprint density at radius 2 is 1.88 bits per heavy atom. The number of pyridine rings is 1. The normalized spacial score (nSPS) is 17.9. The van der Waals surface area contributed by atoms with E-state index in [1.165, 1.54) is 44.4 Å². The van der Waals surface area contributed by atoms with Crippen molar-refractivity contribution in [2.75, 3.05) is 20.3 Å². The molecule has 1 unspecified atom stereocenters. The third-order valence-electron chi connectivity index (χ3n) is 6.94. The summed E-state index contributed by atoms with van der Waals surface area (Å²) in [5.41, 5.74) is -0.0732. The summed E-state index contributed by atoms with van der Waals surface area (Å²) in [6.45, 7) is -0.219. The number of halogens is 4. The summed E-state index contributed by atoms with van der Waals surface area (Å²) in [4.78, 5) is 33.5. The first kappa shape index (κ1) is 28.2. The van der Waals surface area contributed by atoms with E-state index >= 15 is 0 Å². The number of carbonyl (C=O) groups excluding carboxylic acids is 2. The zero-order valence-electron chi connectivity index (χ0n) is 21.5. The second-order valence-electron chi connectivity index (χ2n) is 9.63. The molecule has 0 fully saturated rings. The van der Waals surface area contributed by atoms with Gasteiger partial charge in [0.25, 0.3) is 11.1 Å². The minimum Gasteiger partial charge on any atom is -0.489 e. The molecule has 1 aliphatic rings. The van der Waals surface area contributed by atoms with Crippen LogP contribution in [-0.4, -0.2) is 53.3 Å². The fourth-order valence-electron chi connectivity index (χ4n) is 4.38. The van der Waals surface area contributed by atoms with Crippen molar-refractivity contribution >= 4 is 33.4 Å². The fourth-order valence-corrected chi connectivity index (χ4v) is 5.20. The maximum atomic E-state index is 14.5. The molecule has 2 aromatic carbocycles. The highest BCUT2D eigenvalue weighted by atomic mass is 32.1. The quantitative estimate of drug-likeness (QED) is 0.279. The van der Waals surface area contributed by atoms with Gasteiger partial charge in [-0.3, -0.25) is 9.59 Å². The van der Waals surface area contributed by atoms with Crippen molar-refractivity contribution in [1.82, 2.24) is 15.3 Å². The number of ether oxygens (including phenoxy) is 2. The lowest BCUT2D eigenvalue weighted by molar-refractivity contribution is -0.265. The summed E-state index contributed by atoms with van der Waals surface area (Å²) in [5.74, 6) is -2.40. The molecule has 0 bridgehead atoms. The molecule has 3 heterocycles. The number of aliphatic hydroxyl groups is 1. The minimum atomic E-state index is -5.33. The van der Waals surface area contributed by atoms with Crippen LogP contribution in [0.4, 0.5) is 17.6 Å². The van der Waals surface area contributed by atoms with Crippen LogP contribution in [-0.2, 0) is 15.8 Å². The molecule has 2 aromatic heterocycles. The molecule has 214 valence electrons. The maximum Gasteiger partial charge on any atom is 0.424 e. The molecule has 14 heteroatoms. The van der Waals surface area contributed by atoms with Gasteiger partial charge in [-0.25, -0.2) is 14.4 Å². The van der Waals surface area contributed by atoms with Gasteiger partial charge in [0, 0.05) is 16.7 Å². The number of alkyl halides is 3. The van der Waals surface area contributed by atoms with Crippen LogP contribution in [0.25, 0.3) is 21.5 Å². The largest absolute Gasteiger partial charge is 0.489 e. The molecule has 2 amide bonds. The molecule has 4 aromatic rings. The van der Waals surface area contributed by atoms with E-state index in [0.717, 1.165) is 29.5 Å². The fraction of sp³-hybridized carbons (Fsp3) is 0.259. The van der Waals surface area contributed by atoms with Crippen LogP contribution in [0.5, 0.6) is 10.9 Å². The lowest BCUT2D eigenvalue weighted by atomic mass is 9.81. The number of nitrogens with one attached hydrogen (secondary N) is 1. The Kier molecular flexibility index (Phi) is 6.86. The van der Waals surface area contributed by atoms with Crippen molar-refractivity contribution in [3.05, 3.63) is 71.2 Å². The average molecular weight is 591 g/mol. The van der Waals surface area contributed by atoms with Gasteiger partial charge in [-0.05, 0) is 55.5 Å². The van der Waals surface area contributed by atoms with E-state index in [4.69, 9.17) is 15.2 Å². The number of rotatable bonds is 7. The van der Waals surface area contributed by atoms with Gasteiger partial charge in [-0.1, -0.05) is 11.3 Å². The number of nitrogens with two attached hydrogens (primary N) is 1. The van der Waals surface area contributed by atoms with Gasteiger partial charge in [0.2, 0.25) is 11.5 Å². The number of amides is 2. The number of hydrogen-bond donors (Lipinski definition) is 3. The van der Waals surface area contributed by atoms with Gasteiger partial charge >= 0.3 is 6.18 Å². The second kappa shape index (κ2) is 9.96. The Labute approximate surface area is 233 Å². The number of aromatic nitrogens is 2. The molecule has 0 aliphatic carbocycles. The number of hydrogen-bond acceptors (Lipinski definition) is 8. The Morgan fingerprint density at radius 3 is 2.51 bits per heavy atom. The third-order valence-corrected chi connectivity index (χ3v) is 7.92. The monoisotopic (exact) mass is 590 g/mol. The Bertz CT molecular complexity index is 1680. The van der Waals surface area contributed by atoms with Crippen LogP contribution in [0.1, 0.15) is 28.5 Å². The molecule has 1 aliphatic heterocycles. The van der Waals surface area contributed by atoms with Crippen LogP contribution in [0.15, 0.2) is 48.5 Å². The van der Waals surface area contributed by atoms with Gasteiger partial charge < -0.3 is 25.6 Å². The molecule has 2 atom stereocenters. The summed E-state index contributed by atoms with van der Waals surface area (Å²) in [7, 11) is 1.43. The number of benzene rings is 2. The molecular formula is C27H22F4N4O5S. The second-order valence-corrected chi connectivity index (χ2v) is 10.6. The Hall–Kier alpha value is -4.30. The minimum absolute atomic E-state index is 0.0245. The van der Waals surface area contributed by atoms with Crippen LogP contribution in [0.3, 0.4) is 0 Å². The standard InChI is InChI=1S/C27H22F4N4O5S/c1-25(23(32)37)12-40-21-16(25)10-19(35-20(21)13-3-6-15(28)7-4-13)26(38,27(29,30)31)11-33-22(36)14-5-8-17-18(9-14)41-24(34-17)39-2/h3-10,38H,11-12H2,1-2H3,(H2,32,37)(H,33,36)/t25-,26?/m0/s1. The van der Waals surface area contributed by atoms with Gasteiger partial charge in [0.15, 0.2) is 0 Å².